The third-order valence-electron chi connectivity index (χ3n) is 2.59. The van der Waals surface area contributed by atoms with Gasteiger partial charge >= 0.3 is 0 Å². The molecular weight excluding hydrogens is 271 g/mol. The van der Waals surface area contributed by atoms with Crippen LogP contribution in [0.2, 0.25) is 0 Å². The van der Waals surface area contributed by atoms with E-state index in [1.807, 2.05) is 12.1 Å². The quantitative estimate of drug-likeness (QED) is 0.429. The summed E-state index contributed by atoms with van der Waals surface area (Å²) in [6.45, 7) is 1.20. The van der Waals surface area contributed by atoms with E-state index in [1.54, 1.807) is 0 Å². The molecule has 0 bridgehead atoms. The van der Waals surface area contributed by atoms with Crippen molar-refractivity contribution in [1.29, 1.82) is 10.5 Å². The Morgan fingerprint density at radius 3 is 2.57 bits per heavy atom. The minimum atomic E-state index is -0.374. The van der Waals surface area contributed by atoms with Gasteiger partial charge in [0.25, 0.3) is 0 Å². The van der Waals surface area contributed by atoms with E-state index in [-0.39, 0.29) is 24.6 Å². The summed E-state index contributed by atoms with van der Waals surface area (Å²) in [4.78, 5) is 11.7. The monoisotopic (exact) mass is 286 g/mol. The maximum atomic E-state index is 12.7. The number of benzene rings is 1. The summed E-state index contributed by atoms with van der Waals surface area (Å²) in [7, 11) is 0. The van der Waals surface area contributed by atoms with E-state index in [0.717, 1.165) is 0 Å². The third kappa shape index (κ3) is 6.33. The molecule has 0 aliphatic rings. The van der Waals surface area contributed by atoms with Crippen molar-refractivity contribution in [1.82, 2.24) is 10.6 Å². The highest BCUT2D eigenvalue weighted by Gasteiger charge is 2.04. The molecule has 1 aromatic carbocycles. The average Bonchev–Trinajstić information content (AvgIpc) is 2.50. The molecule has 0 atom stereocenters. The molecule has 0 aromatic heterocycles. The SMILES string of the molecule is N#CC/C(C#N)=C/NCCNCC(=O)c1ccc(F)cc1. The number of hydrogen-bond acceptors (Lipinski definition) is 5. The van der Waals surface area contributed by atoms with Crippen LogP contribution in [0.25, 0.3) is 0 Å². The van der Waals surface area contributed by atoms with Crippen molar-refractivity contribution in [3.63, 3.8) is 0 Å². The van der Waals surface area contributed by atoms with E-state index in [2.05, 4.69) is 10.6 Å². The third-order valence-corrected chi connectivity index (χ3v) is 2.59. The van der Waals surface area contributed by atoms with Gasteiger partial charge in [-0.15, -0.1) is 0 Å². The Morgan fingerprint density at radius 1 is 1.24 bits per heavy atom. The molecule has 0 spiro atoms. The number of carbonyl (C=O) groups is 1. The van der Waals surface area contributed by atoms with E-state index in [9.17, 15) is 9.18 Å². The van der Waals surface area contributed by atoms with Gasteiger partial charge in [0.15, 0.2) is 5.78 Å². The standard InChI is InChI=1S/C15H15FN4O/c16-14-3-1-13(2-4-14)15(21)11-20-8-7-19-10-12(9-18)5-6-17/h1-4,10,19-20H,5,7-8,11H2/b12-10-. The maximum absolute atomic E-state index is 12.7. The Kier molecular flexibility index (Phi) is 7.20. The van der Waals surface area contributed by atoms with Gasteiger partial charge in [0.2, 0.25) is 0 Å². The maximum Gasteiger partial charge on any atom is 0.176 e. The summed E-state index contributed by atoms with van der Waals surface area (Å²) in [5, 5.41) is 23.0. The van der Waals surface area contributed by atoms with Gasteiger partial charge in [-0.3, -0.25) is 4.79 Å². The van der Waals surface area contributed by atoms with Crippen LogP contribution in [0.3, 0.4) is 0 Å². The molecule has 6 heteroatoms. The number of rotatable bonds is 8. The molecule has 108 valence electrons. The van der Waals surface area contributed by atoms with Gasteiger partial charge in [-0.25, -0.2) is 4.39 Å². The zero-order valence-corrected chi connectivity index (χ0v) is 11.4. The summed E-state index contributed by atoms with van der Waals surface area (Å²) in [6.07, 6.45) is 1.56. The van der Waals surface area contributed by atoms with Crippen LogP contribution in [-0.2, 0) is 0 Å². The summed E-state index contributed by atoms with van der Waals surface area (Å²) < 4.78 is 12.7. The zero-order valence-electron chi connectivity index (χ0n) is 11.4. The van der Waals surface area contributed by atoms with E-state index >= 15 is 0 Å². The molecule has 5 nitrogen and oxygen atoms in total. The lowest BCUT2D eigenvalue weighted by atomic mass is 10.1. The van der Waals surface area contributed by atoms with Crippen molar-refractivity contribution >= 4 is 5.78 Å². The van der Waals surface area contributed by atoms with Crippen molar-refractivity contribution in [2.24, 2.45) is 0 Å². The minimum absolute atomic E-state index is 0.0694. The average molecular weight is 286 g/mol. The molecule has 0 aliphatic heterocycles. The number of nitrogens with one attached hydrogen (secondary N) is 2. The zero-order chi connectivity index (χ0) is 15.5. The lowest BCUT2D eigenvalue weighted by molar-refractivity contribution is 0.0991. The van der Waals surface area contributed by atoms with Gasteiger partial charge in [0.05, 0.1) is 30.7 Å². The van der Waals surface area contributed by atoms with E-state index < -0.39 is 0 Å². The molecule has 21 heavy (non-hydrogen) atoms. The minimum Gasteiger partial charge on any atom is -0.389 e. The van der Waals surface area contributed by atoms with Crippen LogP contribution in [0.4, 0.5) is 4.39 Å². The Morgan fingerprint density at radius 2 is 1.95 bits per heavy atom. The van der Waals surface area contributed by atoms with E-state index in [0.29, 0.717) is 24.2 Å². The van der Waals surface area contributed by atoms with Gasteiger partial charge in [-0.2, -0.15) is 10.5 Å². The summed E-state index contributed by atoms with van der Waals surface area (Å²) in [5.74, 6) is -0.492. The smallest absolute Gasteiger partial charge is 0.176 e. The molecule has 0 unspecified atom stereocenters. The Bertz CT molecular complexity index is 581. The Hall–Kier alpha value is -2.70. The molecule has 2 N–H and O–H groups in total. The van der Waals surface area contributed by atoms with Crippen molar-refractivity contribution in [2.45, 2.75) is 6.42 Å². The summed E-state index contributed by atoms with van der Waals surface area (Å²) in [5.41, 5.74) is 0.817. The molecule has 1 aromatic rings. The number of allylic oxidation sites excluding steroid dienone is 1. The van der Waals surface area contributed by atoms with Gasteiger partial charge in [0, 0.05) is 24.9 Å². The first-order valence-corrected chi connectivity index (χ1v) is 6.36. The second-order valence-corrected chi connectivity index (χ2v) is 4.18. The van der Waals surface area contributed by atoms with Crippen molar-refractivity contribution in [3.05, 3.63) is 47.4 Å². The van der Waals surface area contributed by atoms with Crippen LogP contribution in [0.15, 0.2) is 36.0 Å². The number of nitrogens with zero attached hydrogens (tertiary/aromatic N) is 2. The Labute approximate surface area is 122 Å². The topological polar surface area (TPSA) is 88.7 Å². The highest BCUT2D eigenvalue weighted by molar-refractivity contribution is 5.97. The first-order chi connectivity index (χ1) is 10.2. The number of nitriles is 2. The van der Waals surface area contributed by atoms with Crippen LogP contribution < -0.4 is 10.6 Å². The van der Waals surface area contributed by atoms with Gasteiger partial charge in [-0.05, 0) is 24.3 Å². The van der Waals surface area contributed by atoms with Gasteiger partial charge in [-0.1, -0.05) is 0 Å². The normalized spacial score (nSPS) is 10.5. The molecule has 0 aliphatic carbocycles. The second-order valence-electron chi connectivity index (χ2n) is 4.18. The van der Waals surface area contributed by atoms with Crippen molar-refractivity contribution < 1.29 is 9.18 Å². The molecule has 0 radical (unpaired) electrons. The molecule has 0 fully saturated rings. The molecule has 0 saturated heterocycles. The van der Waals surface area contributed by atoms with Crippen molar-refractivity contribution in [3.8, 4) is 12.1 Å². The van der Waals surface area contributed by atoms with E-state index in [1.165, 1.54) is 30.5 Å². The van der Waals surface area contributed by atoms with E-state index in [4.69, 9.17) is 10.5 Å². The van der Waals surface area contributed by atoms with Crippen LogP contribution in [0.1, 0.15) is 16.8 Å². The lowest BCUT2D eigenvalue weighted by Gasteiger charge is -2.05. The fraction of sp³-hybridized carbons (Fsp3) is 0.267. The first kappa shape index (κ1) is 16.4. The van der Waals surface area contributed by atoms with Gasteiger partial charge < -0.3 is 10.6 Å². The second kappa shape index (κ2) is 9.24. The first-order valence-electron chi connectivity index (χ1n) is 6.36. The summed E-state index contributed by atoms with van der Waals surface area (Å²) in [6, 6.07) is 9.19. The largest absolute Gasteiger partial charge is 0.389 e. The highest BCUT2D eigenvalue weighted by Crippen LogP contribution is 2.02. The van der Waals surface area contributed by atoms with Crippen LogP contribution in [0, 0.1) is 28.5 Å². The number of ketones is 1. The summed E-state index contributed by atoms with van der Waals surface area (Å²) >= 11 is 0. The molecule has 1 rings (SSSR count). The number of Topliss-reactive ketones (excluding diaryl/α,β-unsaturated/α-hetero) is 1. The fourth-order valence-corrected chi connectivity index (χ4v) is 1.50. The number of halogens is 1. The fourth-order valence-electron chi connectivity index (χ4n) is 1.50. The van der Waals surface area contributed by atoms with Gasteiger partial charge in [0.1, 0.15) is 5.82 Å². The molecule has 0 amide bonds. The highest BCUT2D eigenvalue weighted by atomic mass is 19.1. The molecule has 0 saturated carbocycles. The van der Waals surface area contributed by atoms with Crippen LogP contribution in [0.5, 0.6) is 0 Å². The van der Waals surface area contributed by atoms with Crippen molar-refractivity contribution in [2.75, 3.05) is 19.6 Å². The molecular formula is C15H15FN4O. The molecule has 0 heterocycles. The lowest BCUT2D eigenvalue weighted by Crippen LogP contribution is -2.29. The van der Waals surface area contributed by atoms with Crippen LogP contribution in [-0.4, -0.2) is 25.4 Å². The Balaban J connectivity index is 2.23. The number of hydrogen-bond donors (Lipinski definition) is 2. The van der Waals surface area contributed by atoms with Crippen LogP contribution >= 0.6 is 0 Å². The predicted octanol–water partition coefficient (Wildman–Crippen LogP) is 1.51. The predicted molar refractivity (Wildman–Crippen MR) is 75.5 cm³/mol. The number of carbonyl (C=O) groups excluding carboxylic acids is 1.